The summed E-state index contributed by atoms with van der Waals surface area (Å²) in [7, 11) is 3.19. The minimum Gasteiger partial charge on any atom is -0.383 e. The molecule has 32 heavy (non-hydrogen) atoms. The van der Waals surface area contributed by atoms with Crippen molar-refractivity contribution in [2.45, 2.75) is 38.0 Å². The molecule has 3 amide bonds. The van der Waals surface area contributed by atoms with Gasteiger partial charge in [-0.25, -0.2) is 4.39 Å². The van der Waals surface area contributed by atoms with Gasteiger partial charge in [0.15, 0.2) is 0 Å². The van der Waals surface area contributed by atoms with Crippen molar-refractivity contribution in [2.75, 3.05) is 53.5 Å². The second-order valence-electron chi connectivity index (χ2n) is 9.15. The highest BCUT2D eigenvalue weighted by Gasteiger charge is 2.54. The zero-order chi connectivity index (χ0) is 23.3. The van der Waals surface area contributed by atoms with E-state index in [4.69, 9.17) is 4.74 Å². The molecular formula is C24H34FN3O4. The van der Waals surface area contributed by atoms with Gasteiger partial charge in [0.05, 0.1) is 18.6 Å². The van der Waals surface area contributed by atoms with E-state index in [1.165, 1.54) is 38.2 Å². The molecule has 0 aliphatic carbocycles. The van der Waals surface area contributed by atoms with Crippen LogP contribution in [0.3, 0.4) is 0 Å². The highest BCUT2D eigenvalue weighted by atomic mass is 19.1. The summed E-state index contributed by atoms with van der Waals surface area (Å²) in [6.45, 7) is 6.01. The van der Waals surface area contributed by atoms with Gasteiger partial charge in [0.2, 0.25) is 17.7 Å². The molecule has 2 fully saturated rings. The third-order valence-electron chi connectivity index (χ3n) is 6.55. The van der Waals surface area contributed by atoms with Gasteiger partial charge in [-0.15, -0.1) is 0 Å². The summed E-state index contributed by atoms with van der Waals surface area (Å²) in [5, 5.41) is 0. The molecule has 2 heterocycles. The molecule has 0 spiro atoms. The first-order valence-electron chi connectivity index (χ1n) is 11.3. The number of hydrogen-bond acceptors (Lipinski definition) is 5. The largest absolute Gasteiger partial charge is 0.383 e. The SMILES string of the molecule is COCCN1C(=O)C[C@](CC(=O)N(C)C[C@H](C)CN2CCCC2)(c2ccccc2F)C1=O. The lowest BCUT2D eigenvalue weighted by atomic mass is 9.75. The Morgan fingerprint density at radius 2 is 1.94 bits per heavy atom. The summed E-state index contributed by atoms with van der Waals surface area (Å²) in [5.74, 6) is -1.52. The third kappa shape index (κ3) is 5.18. The lowest BCUT2D eigenvalue weighted by Gasteiger charge is -2.31. The fourth-order valence-electron chi connectivity index (χ4n) is 4.93. The van der Waals surface area contributed by atoms with E-state index in [1.54, 1.807) is 18.0 Å². The second-order valence-corrected chi connectivity index (χ2v) is 9.15. The Morgan fingerprint density at radius 3 is 2.59 bits per heavy atom. The zero-order valence-corrected chi connectivity index (χ0v) is 19.3. The zero-order valence-electron chi connectivity index (χ0n) is 19.3. The maximum atomic E-state index is 14.8. The van der Waals surface area contributed by atoms with Crippen molar-refractivity contribution in [3.63, 3.8) is 0 Å². The van der Waals surface area contributed by atoms with Gasteiger partial charge < -0.3 is 14.5 Å². The number of methoxy groups -OCH3 is 1. The van der Waals surface area contributed by atoms with Crippen molar-refractivity contribution in [3.8, 4) is 0 Å². The Labute approximate surface area is 189 Å². The first kappa shape index (κ1) is 24.3. The number of nitrogens with zero attached hydrogens (tertiary/aromatic N) is 3. The van der Waals surface area contributed by atoms with Crippen LogP contribution in [0.1, 0.15) is 38.2 Å². The molecular weight excluding hydrogens is 413 g/mol. The average Bonchev–Trinajstić information content (AvgIpc) is 3.33. The molecule has 3 rings (SSSR count). The molecule has 0 aromatic heterocycles. The van der Waals surface area contributed by atoms with E-state index in [9.17, 15) is 18.8 Å². The van der Waals surface area contributed by atoms with Crippen LogP contribution in [0.4, 0.5) is 4.39 Å². The quantitative estimate of drug-likeness (QED) is 0.514. The summed E-state index contributed by atoms with van der Waals surface area (Å²) in [5.41, 5.74) is -1.43. The molecule has 8 heteroatoms. The van der Waals surface area contributed by atoms with E-state index < -0.39 is 23.0 Å². The van der Waals surface area contributed by atoms with Gasteiger partial charge in [-0.3, -0.25) is 19.3 Å². The average molecular weight is 448 g/mol. The van der Waals surface area contributed by atoms with Gasteiger partial charge in [0.1, 0.15) is 5.82 Å². The van der Waals surface area contributed by atoms with Crippen LogP contribution in [-0.4, -0.2) is 85.9 Å². The predicted molar refractivity (Wildman–Crippen MR) is 118 cm³/mol. The van der Waals surface area contributed by atoms with Gasteiger partial charge in [0.25, 0.3) is 0 Å². The summed E-state index contributed by atoms with van der Waals surface area (Å²) in [6.07, 6.45) is 1.96. The minimum absolute atomic E-state index is 0.0846. The Hall–Kier alpha value is -2.32. The maximum absolute atomic E-state index is 14.8. The van der Waals surface area contributed by atoms with Gasteiger partial charge in [-0.1, -0.05) is 25.1 Å². The van der Waals surface area contributed by atoms with Crippen LogP contribution < -0.4 is 0 Å². The number of carbonyl (C=O) groups excluding carboxylic acids is 3. The molecule has 0 bridgehead atoms. The van der Waals surface area contributed by atoms with E-state index >= 15 is 0 Å². The number of imide groups is 1. The minimum atomic E-state index is -1.53. The molecule has 176 valence electrons. The van der Waals surface area contributed by atoms with Gasteiger partial charge >= 0.3 is 0 Å². The molecule has 0 saturated carbocycles. The van der Waals surface area contributed by atoms with E-state index in [-0.39, 0.29) is 43.4 Å². The summed E-state index contributed by atoms with van der Waals surface area (Å²) in [6, 6.07) is 5.93. The Morgan fingerprint density at radius 1 is 1.25 bits per heavy atom. The topological polar surface area (TPSA) is 70.2 Å². The molecule has 2 atom stereocenters. The molecule has 2 saturated heterocycles. The Bertz CT molecular complexity index is 842. The van der Waals surface area contributed by atoms with E-state index in [0.717, 1.165) is 24.5 Å². The lowest BCUT2D eigenvalue weighted by Crippen LogP contribution is -2.45. The van der Waals surface area contributed by atoms with Gasteiger partial charge in [-0.2, -0.15) is 0 Å². The number of likely N-dealkylation sites (tertiary alicyclic amines) is 2. The highest BCUT2D eigenvalue weighted by molar-refractivity contribution is 6.10. The predicted octanol–water partition coefficient (Wildman–Crippen LogP) is 2.05. The van der Waals surface area contributed by atoms with Crippen LogP contribution in [0.2, 0.25) is 0 Å². The number of rotatable bonds is 10. The molecule has 2 aliphatic heterocycles. The summed E-state index contributed by atoms with van der Waals surface area (Å²) >= 11 is 0. The number of halogens is 1. The van der Waals surface area contributed by atoms with Crippen molar-refractivity contribution in [2.24, 2.45) is 5.92 Å². The Balaban J connectivity index is 1.79. The molecule has 7 nitrogen and oxygen atoms in total. The molecule has 2 aliphatic rings. The first-order valence-corrected chi connectivity index (χ1v) is 11.3. The van der Waals surface area contributed by atoms with Crippen LogP contribution in [0.15, 0.2) is 24.3 Å². The fraction of sp³-hybridized carbons (Fsp3) is 0.625. The van der Waals surface area contributed by atoms with Crippen LogP contribution in [-0.2, 0) is 24.5 Å². The van der Waals surface area contributed by atoms with Crippen molar-refractivity contribution in [1.29, 1.82) is 0 Å². The summed E-state index contributed by atoms with van der Waals surface area (Å²) in [4.78, 5) is 44.4. The number of hydrogen-bond donors (Lipinski definition) is 0. The maximum Gasteiger partial charge on any atom is 0.241 e. The molecule has 0 N–H and O–H groups in total. The monoisotopic (exact) mass is 447 g/mol. The van der Waals surface area contributed by atoms with E-state index in [1.807, 2.05) is 0 Å². The summed E-state index contributed by atoms with van der Waals surface area (Å²) < 4.78 is 19.8. The van der Waals surface area contributed by atoms with E-state index in [0.29, 0.717) is 6.54 Å². The number of benzene rings is 1. The Kier molecular flexibility index (Phi) is 8.00. The van der Waals surface area contributed by atoms with Crippen LogP contribution in [0, 0.1) is 11.7 Å². The second kappa shape index (κ2) is 10.5. The van der Waals surface area contributed by atoms with E-state index in [2.05, 4.69) is 11.8 Å². The standard InChI is InChI=1S/C24H34FN3O4/c1-18(17-27-10-6-7-11-27)16-26(2)21(29)14-24(19-8-4-5-9-20(19)25)15-22(30)28(23(24)31)12-13-32-3/h4-5,8-9,18H,6-7,10-17H2,1-3H3/t18-,24+/m0/s1. The molecule has 0 unspecified atom stereocenters. The van der Waals surface area contributed by atoms with Gasteiger partial charge in [-0.05, 0) is 37.9 Å². The molecule has 0 radical (unpaired) electrons. The third-order valence-corrected chi connectivity index (χ3v) is 6.55. The van der Waals surface area contributed by atoms with Crippen LogP contribution in [0.5, 0.6) is 0 Å². The van der Waals surface area contributed by atoms with Crippen molar-refractivity contribution >= 4 is 17.7 Å². The van der Waals surface area contributed by atoms with Crippen LogP contribution >= 0.6 is 0 Å². The van der Waals surface area contributed by atoms with Crippen molar-refractivity contribution < 1.29 is 23.5 Å². The van der Waals surface area contributed by atoms with Crippen molar-refractivity contribution in [1.82, 2.24) is 14.7 Å². The fourth-order valence-corrected chi connectivity index (χ4v) is 4.93. The number of ether oxygens (including phenoxy) is 1. The normalized spacial score (nSPS) is 22.6. The highest BCUT2D eigenvalue weighted by Crippen LogP contribution is 2.41. The number of carbonyl (C=O) groups is 3. The van der Waals surface area contributed by atoms with Gasteiger partial charge in [0, 0.05) is 45.7 Å². The van der Waals surface area contributed by atoms with Crippen LogP contribution in [0.25, 0.3) is 0 Å². The molecule has 1 aromatic carbocycles. The smallest absolute Gasteiger partial charge is 0.241 e. The van der Waals surface area contributed by atoms with Crippen molar-refractivity contribution in [3.05, 3.63) is 35.6 Å². The lowest BCUT2D eigenvalue weighted by molar-refractivity contribution is -0.143. The first-order chi connectivity index (χ1) is 15.3. The number of amides is 3. The molecule has 1 aromatic rings.